The molecule has 2 aromatic carbocycles. The SMILES string of the molecule is CC(C)(C)OC(=O)Nc1cccc(C(=O)OCC(=O)Nc2ccc(F)cc2F)c1. The van der Waals surface area contributed by atoms with E-state index in [4.69, 9.17) is 9.47 Å². The summed E-state index contributed by atoms with van der Waals surface area (Å²) in [7, 11) is 0. The normalized spacial score (nSPS) is 10.8. The fraction of sp³-hybridized carbons (Fsp3) is 0.250. The van der Waals surface area contributed by atoms with Crippen molar-refractivity contribution < 1.29 is 32.6 Å². The van der Waals surface area contributed by atoms with Crippen LogP contribution in [0, 0.1) is 11.6 Å². The van der Waals surface area contributed by atoms with E-state index in [-0.39, 0.29) is 11.3 Å². The molecule has 2 amide bonds. The molecule has 0 bridgehead atoms. The molecule has 0 saturated carbocycles. The van der Waals surface area contributed by atoms with Crippen LogP contribution >= 0.6 is 0 Å². The summed E-state index contributed by atoms with van der Waals surface area (Å²) in [6.07, 6.45) is -0.691. The number of carbonyl (C=O) groups is 3. The van der Waals surface area contributed by atoms with Gasteiger partial charge in [-0.2, -0.15) is 0 Å². The molecule has 2 N–H and O–H groups in total. The highest BCUT2D eigenvalue weighted by Crippen LogP contribution is 2.16. The molecule has 0 unspecified atom stereocenters. The molecule has 2 rings (SSSR count). The molecule has 0 atom stereocenters. The van der Waals surface area contributed by atoms with Crippen LogP contribution in [0.3, 0.4) is 0 Å². The number of ether oxygens (including phenoxy) is 2. The summed E-state index contributed by atoms with van der Waals surface area (Å²) in [5.41, 5.74) is -0.542. The molecule has 0 spiro atoms. The maximum Gasteiger partial charge on any atom is 0.412 e. The van der Waals surface area contributed by atoms with Gasteiger partial charge in [-0.1, -0.05) is 6.07 Å². The number of hydrogen-bond acceptors (Lipinski definition) is 5. The third-order valence-electron chi connectivity index (χ3n) is 3.28. The number of benzene rings is 2. The predicted molar refractivity (Wildman–Crippen MR) is 102 cm³/mol. The smallest absolute Gasteiger partial charge is 0.412 e. The molecular formula is C20H20F2N2O5. The number of halogens is 2. The van der Waals surface area contributed by atoms with Crippen molar-refractivity contribution in [2.45, 2.75) is 26.4 Å². The third kappa shape index (κ3) is 7.21. The molecule has 0 aliphatic rings. The van der Waals surface area contributed by atoms with E-state index in [1.54, 1.807) is 26.8 Å². The van der Waals surface area contributed by atoms with E-state index in [0.29, 0.717) is 11.8 Å². The van der Waals surface area contributed by atoms with Crippen LogP contribution in [0.25, 0.3) is 0 Å². The lowest BCUT2D eigenvalue weighted by Crippen LogP contribution is -2.27. The number of nitrogens with one attached hydrogen (secondary N) is 2. The maximum absolute atomic E-state index is 13.5. The lowest BCUT2D eigenvalue weighted by atomic mass is 10.2. The molecule has 0 heterocycles. The van der Waals surface area contributed by atoms with Crippen molar-refractivity contribution in [2.75, 3.05) is 17.2 Å². The number of carbonyl (C=O) groups excluding carboxylic acids is 3. The van der Waals surface area contributed by atoms with Crippen LogP contribution in [0.5, 0.6) is 0 Å². The van der Waals surface area contributed by atoms with Crippen LogP contribution in [-0.2, 0) is 14.3 Å². The van der Waals surface area contributed by atoms with Crippen molar-refractivity contribution in [3.63, 3.8) is 0 Å². The number of esters is 1. The Balaban J connectivity index is 1.92. The van der Waals surface area contributed by atoms with Gasteiger partial charge >= 0.3 is 12.1 Å². The summed E-state index contributed by atoms with van der Waals surface area (Å²) in [5.74, 6) is -3.36. The van der Waals surface area contributed by atoms with Crippen molar-refractivity contribution in [1.82, 2.24) is 0 Å². The number of anilines is 2. The molecule has 0 aliphatic carbocycles. The zero-order valence-corrected chi connectivity index (χ0v) is 16.0. The minimum Gasteiger partial charge on any atom is -0.452 e. The standard InChI is InChI=1S/C20H20F2N2O5/c1-20(2,3)29-19(27)23-14-6-4-5-12(9-14)18(26)28-11-17(25)24-16-8-7-13(21)10-15(16)22/h4-10H,11H2,1-3H3,(H,23,27)(H,24,25). The maximum atomic E-state index is 13.5. The van der Waals surface area contributed by atoms with E-state index in [1.165, 1.54) is 18.2 Å². The van der Waals surface area contributed by atoms with Crippen LogP contribution in [0.4, 0.5) is 25.0 Å². The van der Waals surface area contributed by atoms with Crippen LogP contribution < -0.4 is 10.6 Å². The van der Waals surface area contributed by atoms with Gasteiger partial charge in [0, 0.05) is 11.8 Å². The molecule has 7 nitrogen and oxygen atoms in total. The Bertz CT molecular complexity index is 925. The summed E-state index contributed by atoms with van der Waals surface area (Å²) in [6, 6.07) is 8.49. The van der Waals surface area contributed by atoms with Crippen molar-refractivity contribution in [3.05, 3.63) is 59.7 Å². The van der Waals surface area contributed by atoms with E-state index < -0.39 is 41.8 Å². The van der Waals surface area contributed by atoms with Gasteiger partial charge in [0.15, 0.2) is 6.61 Å². The van der Waals surface area contributed by atoms with Gasteiger partial charge in [0.2, 0.25) is 0 Å². The first-order valence-corrected chi connectivity index (χ1v) is 8.55. The molecule has 0 aromatic heterocycles. The first-order valence-electron chi connectivity index (χ1n) is 8.55. The van der Waals surface area contributed by atoms with Gasteiger partial charge in [-0.3, -0.25) is 10.1 Å². The van der Waals surface area contributed by atoms with Gasteiger partial charge in [-0.15, -0.1) is 0 Å². The number of amides is 2. The minimum atomic E-state index is -0.953. The molecule has 2 aromatic rings. The summed E-state index contributed by atoms with van der Waals surface area (Å²) in [6.45, 7) is 4.45. The summed E-state index contributed by atoms with van der Waals surface area (Å²) < 4.78 is 36.4. The van der Waals surface area contributed by atoms with Gasteiger partial charge in [0.25, 0.3) is 5.91 Å². The Labute approximate surface area is 166 Å². The Hall–Kier alpha value is -3.49. The summed E-state index contributed by atoms with van der Waals surface area (Å²) in [4.78, 5) is 35.7. The highest BCUT2D eigenvalue weighted by molar-refractivity contribution is 5.96. The van der Waals surface area contributed by atoms with Crippen LogP contribution in [0.15, 0.2) is 42.5 Å². The van der Waals surface area contributed by atoms with E-state index in [1.807, 2.05) is 0 Å². The zero-order chi connectivity index (χ0) is 21.6. The monoisotopic (exact) mass is 406 g/mol. The summed E-state index contributed by atoms with van der Waals surface area (Å²) >= 11 is 0. The van der Waals surface area contributed by atoms with Gasteiger partial charge in [0.1, 0.15) is 17.2 Å². The fourth-order valence-electron chi connectivity index (χ4n) is 2.14. The molecule has 0 saturated heterocycles. The molecule has 0 fully saturated rings. The quantitative estimate of drug-likeness (QED) is 0.729. The van der Waals surface area contributed by atoms with E-state index in [0.717, 1.165) is 12.1 Å². The van der Waals surface area contributed by atoms with Gasteiger partial charge in [0.05, 0.1) is 11.3 Å². The Morgan fingerprint density at radius 1 is 1.00 bits per heavy atom. The fourth-order valence-corrected chi connectivity index (χ4v) is 2.14. The minimum absolute atomic E-state index is 0.0827. The van der Waals surface area contributed by atoms with Crippen LogP contribution in [0.1, 0.15) is 31.1 Å². The highest BCUT2D eigenvalue weighted by atomic mass is 19.1. The zero-order valence-electron chi connectivity index (χ0n) is 16.0. The third-order valence-corrected chi connectivity index (χ3v) is 3.28. The van der Waals surface area contributed by atoms with Crippen molar-refractivity contribution in [3.8, 4) is 0 Å². The van der Waals surface area contributed by atoms with Crippen molar-refractivity contribution in [2.24, 2.45) is 0 Å². The van der Waals surface area contributed by atoms with Crippen LogP contribution in [-0.4, -0.2) is 30.2 Å². The van der Waals surface area contributed by atoms with E-state index in [2.05, 4.69) is 10.6 Å². The first-order chi connectivity index (χ1) is 13.5. The number of rotatable bonds is 5. The highest BCUT2D eigenvalue weighted by Gasteiger charge is 2.17. The van der Waals surface area contributed by atoms with Crippen molar-refractivity contribution >= 4 is 29.3 Å². The lowest BCUT2D eigenvalue weighted by molar-refractivity contribution is -0.119. The average molecular weight is 406 g/mol. The van der Waals surface area contributed by atoms with Crippen molar-refractivity contribution in [1.29, 1.82) is 0 Å². The molecule has 0 aliphatic heterocycles. The largest absolute Gasteiger partial charge is 0.452 e. The Morgan fingerprint density at radius 3 is 2.38 bits per heavy atom. The Morgan fingerprint density at radius 2 is 1.72 bits per heavy atom. The number of hydrogen-bond donors (Lipinski definition) is 2. The molecular weight excluding hydrogens is 386 g/mol. The second kappa shape index (κ2) is 9.13. The first kappa shape index (κ1) is 21.8. The van der Waals surface area contributed by atoms with E-state index >= 15 is 0 Å². The van der Waals surface area contributed by atoms with Crippen LogP contribution in [0.2, 0.25) is 0 Å². The van der Waals surface area contributed by atoms with Gasteiger partial charge in [-0.25, -0.2) is 18.4 Å². The van der Waals surface area contributed by atoms with Gasteiger partial charge < -0.3 is 14.8 Å². The lowest BCUT2D eigenvalue weighted by Gasteiger charge is -2.19. The Kier molecular flexibility index (Phi) is 6.87. The van der Waals surface area contributed by atoms with E-state index in [9.17, 15) is 23.2 Å². The second-order valence-electron chi connectivity index (χ2n) is 6.96. The van der Waals surface area contributed by atoms with Gasteiger partial charge in [-0.05, 0) is 51.1 Å². The topological polar surface area (TPSA) is 93.7 Å². The molecule has 154 valence electrons. The molecule has 0 radical (unpaired) electrons. The average Bonchev–Trinajstić information content (AvgIpc) is 2.60. The second-order valence-corrected chi connectivity index (χ2v) is 6.96. The molecule has 29 heavy (non-hydrogen) atoms. The summed E-state index contributed by atoms with van der Waals surface area (Å²) in [5, 5.41) is 4.65. The molecule has 9 heteroatoms. The predicted octanol–water partition coefficient (Wildman–Crippen LogP) is 4.11.